The first-order valence-corrected chi connectivity index (χ1v) is 7.47. The average Bonchev–Trinajstić information content (AvgIpc) is 2.32. The van der Waals surface area contributed by atoms with Gasteiger partial charge >= 0.3 is 0 Å². The van der Waals surface area contributed by atoms with Gasteiger partial charge in [-0.15, -0.1) is 0 Å². The monoisotopic (exact) mass is 278 g/mol. The van der Waals surface area contributed by atoms with Crippen molar-refractivity contribution in [3.63, 3.8) is 0 Å². The van der Waals surface area contributed by atoms with Gasteiger partial charge in [0.25, 0.3) is 0 Å². The zero-order chi connectivity index (χ0) is 11.1. The first kappa shape index (κ1) is 10.8. The molecular formula is C15H19Br. The van der Waals surface area contributed by atoms with Crippen molar-refractivity contribution in [2.45, 2.75) is 56.2 Å². The van der Waals surface area contributed by atoms with Crippen LogP contribution in [-0.4, -0.2) is 0 Å². The van der Waals surface area contributed by atoms with Crippen LogP contribution in [0.1, 0.15) is 65.6 Å². The lowest BCUT2D eigenvalue weighted by molar-refractivity contribution is 0.581. The lowest BCUT2D eigenvalue weighted by Crippen LogP contribution is -2.13. The predicted molar refractivity (Wildman–Crippen MR) is 72.4 cm³/mol. The Morgan fingerprint density at radius 1 is 1.00 bits per heavy atom. The molecule has 1 aromatic rings. The Hall–Kier alpha value is -0.300. The molecule has 0 spiro atoms. The lowest BCUT2D eigenvalue weighted by atomic mass is 9.79. The zero-order valence-electron chi connectivity index (χ0n) is 9.93. The fourth-order valence-corrected chi connectivity index (χ4v) is 3.89. The van der Waals surface area contributed by atoms with E-state index in [1.807, 2.05) is 0 Å². The number of hydrogen-bond acceptors (Lipinski definition) is 0. The van der Waals surface area contributed by atoms with Crippen LogP contribution in [0.15, 0.2) is 12.1 Å². The zero-order valence-corrected chi connectivity index (χ0v) is 11.5. The first-order valence-electron chi connectivity index (χ1n) is 6.55. The molecule has 0 aliphatic heterocycles. The predicted octanol–water partition coefficient (Wildman–Crippen LogP) is 4.90. The maximum atomic E-state index is 3.84. The first-order chi connectivity index (χ1) is 7.75. The highest BCUT2D eigenvalue weighted by atomic mass is 79.9. The molecule has 2 unspecified atom stereocenters. The topological polar surface area (TPSA) is 0 Å². The van der Waals surface area contributed by atoms with E-state index >= 15 is 0 Å². The minimum atomic E-state index is 0.603. The van der Waals surface area contributed by atoms with Gasteiger partial charge in [0, 0.05) is 4.83 Å². The Kier molecular flexibility index (Phi) is 2.83. The molecular weight excluding hydrogens is 260 g/mol. The molecule has 1 aromatic carbocycles. The maximum Gasteiger partial charge on any atom is 0.0398 e. The molecule has 0 saturated carbocycles. The van der Waals surface area contributed by atoms with Crippen LogP contribution in [0, 0.1) is 0 Å². The molecule has 0 radical (unpaired) electrons. The van der Waals surface area contributed by atoms with Gasteiger partial charge in [0.15, 0.2) is 0 Å². The van der Waals surface area contributed by atoms with Gasteiger partial charge in [-0.05, 0) is 66.7 Å². The van der Waals surface area contributed by atoms with Crippen molar-refractivity contribution in [2.24, 2.45) is 0 Å². The summed E-state index contributed by atoms with van der Waals surface area (Å²) >= 11 is 3.84. The number of aryl methyl sites for hydroxylation is 2. The van der Waals surface area contributed by atoms with Crippen molar-refractivity contribution in [2.75, 3.05) is 0 Å². The van der Waals surface area contributed by atoms with E-state index in [4.69, 9.17) is 0 Å². The van der Waals surface area contributed by atoms with Crippen molar-refractivity contribution in [3.05, 3.63) is 34.4 Å². The van der Waals surface area contributed by atoms with Crippen LogP contribution in [0.4, 0.5) is 0 Å². The molecule has 0 aromatic heterocycles. The minimum absolute atomic E-state index is 0.603. The molecule has 0 bridgehead atoms. The van der Waals surface area contributed by atoms with Gasteiger partial charge in [0.05, 0.1) is 0 Å². The summed E-state index contributed by atoms with van der Waals surface area (Å²) in [6.07, 6.45) is 8.01. The normalized spacial score (nSPS) is 28.4. The standard InChI is InChI=1S/C15H19Br/c1-10-6-7-15(16)14-9-12-5-3-2-4-11(12)8-13(10)14/h8-10,15H,2-7H2,1H3. The Morgan fingerprint density at radius 2 is 1.62 bits per heavy atom. The molecule has 0 N–H and O–H groups in total. The number of alkyl halides is 1. The van der Waals surface area contributed by atoms with Crippen LogP contribution in [0.2, 0.25) is 0 Å². The maximum absolute atomic E-state index is 3.84. The van der Waals surface area contributed by atoms with Gasteiger partial charge in [-0.3, -0.25) is 0 Å². The average molecular weight is 279 g/mol. The highest BCUT2D eigenvalue weighted by Crippen LogP contribution is 2.43. The number of benzene rings is 1. The summed E-state index contributed by atoms with van der Waals surface area (Å²) in [4.78, 5) is 0.603. The third kappa shape index (κ3) is 1.73. The summed E-state index contributed by atoms with van der Waals surface area (Å²) in [6.45, 7) is 2.38. The largest absolute Gasteiger partial charge is 0.0839 e. The molecule has 2 aliphatic rings. The highest BCUT2D eigenvalue weighted by Gasteiger charge is 2.25. The summed E-state index contributed by atoms with van der Waals surface area (Å²) < 4.78 is 0. The van der Waals surface area contributed by atoms with Crippen LogP contribution in [0.25, 0.3) is 0 Å². The van der Waals surface area contributed by atoms with E-state index in [-0.39, 0.29) is 0 Å². The van der Waals surface area contributed by atoms with Gasteiger partial charge in [-0.2, -0.15) is 0 Å². The molecule has 0 amide bonds. The third-order valence-electron chi connectivity index (χ3n) is 4.27. The number of hydrogen-bond donors (Lipinski definition) is 0. The van der Waals surface area contributed by atoms with Crippen molar-refractivity contribution in [1.29, 1.82) is 0 Å². The Labute approximate surface area is 107 Å². The molecule has 0 fully saturated rings. The molecule has 0 heterocycles. The summed E-state index contributed by atoms with van der Waals surface area (Å²) in [5.74, 6) is 0.760. The summed E-state index contributed by atoms with van der Waals surface area (Å²) in [7, 11) is 0. The van der Waals surface area contributed by atoms with E-state index in [1.165, 1.54) is 38.5 Å². The Bertz CT molecular complexity index is 369. The molecule has 2 aliphatic carbocycles. The van der Waals surface area contributed by atoms with Crippen LogP contribution in [0.3, 0.4) is 0 Å². The van der Waals surface area contributed by atoms with E-state index in [0.29, 0.717) is 4.83 Å². The van der Waals surface area contributed by atoms with E-state index in [1.54, 1.807) is 22.3 Å². The Balaban J connectivity index is 2.11. The quantitative estimate of drug-likeness (QED) is 0.593. The van der Waals surface area contributed by atoms with Crippen molar-refractivity contribution in [3.8, 4) is 0 Å². The fourth-order valence-electron chi connectivity index (χ4n) is 3.23. The van der Waals surface area contributed by atoms with E-state index in [0.717, 1.165) is 5.92 Å². The molecule has 2 atom stereocenters. The SMILES string of the molecule is CC1CCC(Br)c2cc3c(cc21)CCCC3. The van der Waals surface area contributed by atoms with Gasteiger partial charge in [-0.25, -0.2) is 0 Å². The number of fused-ring (bicyclic) bond motifs is 2. The van der Waals surface area contributed by atoms with Crippen LogP contribution < -0.4 is 0 Å². The van der Waals surface area contributed by atoms with Crippen molar-refractivity contribution >= 4 is 15.9 Å². The second-order valence-corrected chi connectivity index (χ2v) is 6.51. The molecule has 0 nitrogen and oxygen atoms in total. The van der Waals surface area contributed by atoms with Crippen molar-refractivity contribution < 1.29 is 0 Å². The molecule has 1 heteroatoms. The minimum Gasteiger partial charge on any atom is -0.0839 e. The third-order valence-corrected chi connectivity index (χ3v) is 5.22. The smallest absolute Gasteiger partial charge is 0.0398 e. The van der Waals surface area contributed by atoms with Gasteiger partial charge in [-0.1, -0.05) is 35.0 Å². The lowest BCUT2D eigenvalue weighted by Gasteiger charge is -2.29. The van der Waals surface area contributed by atoms with Gasteiger partial charge < -0.3 is 0 Å². The second kappa shape index (κ2) is 4.18. The Morgan fingerprint density at radius 3 is 2.31 bits per heavy atom. The second-order valence-electron chi connectivity index (χ2n) is 5.40. The van der Waals surface area contributed by atoms with Gasteiger partial charge in [0.2, 0.25) is 0 Å². The van der Waals surface area contributed by atoms with Crippen LogP contribution in [-0.2, 0) is 12.8 Å². The summed E-state index contributed by atoms with van der Waals surface area (Å²) in [5, 5.41) is 0. The summed E-state index contributed by atoms with van der Waals surface area (Å²) in [6, 6.07) is 5.01. The number of rotatable bonds is 0. The van der Waals surface area contributed by atoms with Crippen molar-refractivity contribution in [1.82, 2.24) is 0 Å². The van der Waals surface area contributed by atoms with E-state index in [2.05, 4.69) is 35.0 Å². The molecule has 0 saturated heterocycles. The van der Waals surface area contributed by atoms with Gasteiger partial charge in [0.1, 0.15) is 0 Å². The summed E-state index contributed by atoms with van der Waals surface area (Å²) in [5.41, 5.74) is 6.47. The molecule has 86 valence electrons. The van der Waals surface area contributed by atoms with Crippen LogP contribution >= 0.6 is 15.9 Å². The van der Waals surface area contributed by atoms with Crippen LogP contribution in [0.5, 0.6) is 0 Å². The molecule has 3 rings (SSSR count). The van der Waals surface area contributed by atoms with E-state index in [9.17, 15) is 0 Å². The fraction of sp³-hybridized carbons (Fsp3) is 0.600. The van der Waals surface area contributed by atoms with E-state index < -0.39 is 0 Å². The molecule has 16 heavy (non-hydrogen) atoms. The highest BCUT2D eigenvalue weighted by molar-refractivity contribution is 9.09. The number of halogens is 1.